The molecular weight excluding hydrogens is 715 g/mol. The molecule has 3 amide bonds. The summed E-state index contributed by atoms with van der Waals surface area (Å²) >= 11 is 0. The summed E-state index contributed by atoms with van der Waals surface area (Å²) in [6, 6.07) is 27.4. The van der Waals surface area contributed by atoms with Gasteiger partial charge in [0.1, 0.15) is 42.1 Å². The molecule has 286 valence electrons. The molecule has 54 heavy (non-hydrogen) atoms. The van der Waals surface area contributed by atoms with Crippen molar-refractivity contribution in [3.63, 3.8) is 0 Å². The Bertz CT molecular complexity index is 1910. The molecule has 4 atom stereocenters. The number of aliphatic hydroxyl groups is 1. The van der Waals surface area contributed by atoms with Gasteiger partial charge < -0.3 is 40.0 Å². The van der Waals surface area contributed by atoms with Crippen LogP contribution in [0.4, 0.5) is 19.0 Å². The number of alkyl halides is 3. The molecule has 1 saturated heterocycles. The standard InChI is InChI=1S/C37H38F3N5O9/c1-23(46)43-29-17-20-45(35(50)44-29)33-32(52-22-30(47)41-18-19-42-34(49)37(38,39)40)31(48)28(54-33)21-53-36(24-9-5-3-6-10-24,25-11-7-4-8-12-25)26-13-15-27(51-2)16-14-26/h3-17,20,28,31-33,48H,18-19,21-22H2,1-2H3,(H,41,47)(H,42,49)(H,43,44,46,50)/t28-,31-,32-,33-/m1/s1. The lowest BCUT2D eigenvalue weighted by Crippen LogP contribution is -2.43. The number of carbonyl (C=O) groups is 3. The Labute approximate surface area is 307 Å². The average molecular weight is 754 g/mol. The summed E-state index contributed by atoms with van der Waals surface area (Å²) in [5.74, 6) is -2.84. The van der Waals surface area contributed by atoms with Gasteiger partial charge in [-0.05, 0) is 34.9 Å². The smallest absolute Gasteiger partial charge is 0.471 e. The minimum atomic E-state index is -5.08. The van der Waals surface area contributed by atoms with Gasteiger partial charge in [0, 0.05) is 26.2 Å². The molecule has 14 nitrogen and oxygen atoms in total. The third-order valence-electron chi connectivity index (χ3n) is 8.44. The van der Waals surface area contributed by atoms with Gasteiger partial charge in [0.15, 0.2) is 6.23 Å². The van der Waals surface area contributed by atoms with E-state index in [4.69, 9.17) is 18.9 Å². The van der Waals surface area contributed by atoms with Crippen molar-refractivity contribution in [1.29, 1.82) is 0 Å². The first-order valence-corrected chi connectivity index (χ1v) is 16.7. The molecule has 1 aliphatic rings. The molecule has 3 aromatic carbocycles. The van der Waals surface area contributed by atoms with Crippen LogP contribution in [0.25, 0.3) is 0 Å². The number of aliphatic hydroxyl groups excluding tert-OH is 1. The number of nitrogens with one attached hydrogen (secondary N) is 3. The lowest BCUT2D eigenvalue weighted by atomic mass is 9.80. The Kier molecular flexibility index (Phi) is 12.8. The zero-order valence-electron chi connectivity index (χ0n) is 29.1. The van der Waals surface area contributed by atoms with E-state index in [2.05, 4.69) is 15.6 Å². The van der Waals surface area contributed by atoms with Crippen molar-refractivity contribution >= 4 is 23.5 Å². The van der Waals surface area contributed by atoms with E-state index in [1.165, 1.54) is 19.2 Å². The highest BCUT2D eigenvalue weighted by Gasteiger charge is 2.48. The van der Waals surface area contributed by atoms with E-state index < -0.39 is 72.9 Å². The first kappa shape index (κ1) is 39.6. The maximum absolute atomic E-state index is 13.2. The van der Waals surface area contributed by atoms with E-state index in [0.29, 0.717) is 5.75 Å². The molecule has 1 fully saturated rings. The predicted molar refractivity (Wildman–Crippen MR) is 186 cm³/mol. The number of amides is 3. The minimum absolute atomic E-state index is 0.0355. The summed E-state index contributed by atoms with van der Waals surface area (Å²) in [5, 5.41) is 18.0. The molecule has 4 N–H and O–H groups in total. The van der Waals surface area contributed by atoms with E-state index in [1.54, 1.807) is 24.6 Å². The Morgan fingerprint density at radius 3 is 2.04 bits per heavy atom. The van der Waals surface area contributed by atoms with Crippen molar-refractivity contribution in [2.45, 2.75) is 43.2 Å². The number of nitrogens with zero attached hydrogens (tertiary/aromatic N) is 2. The van der Waals surface area contributed by atoms with Gasteiger partial charge in [-0.3, -0.25) is 19.0 Å². The number of halogens is 3. The lowest BCUT2D eigenvalue weighted by molar-refractivity contribution is -0.173. The molecule has 0 radical (unpaired) electrons. The van der Waals surface area contributed by atoms with E-state index in [-0.39, 0.29) is 19.0 Å². The Morgan fingerprint density at radius 1 is 0.889 bits per heavy atom. The van der Waals surface area contributed by atoms with Gasteiger partial charge in [0.25, 0.3) is 0 Å². The highest BCUT2D eigenvalue weighted by Crippen LogP contribution is 2.42. The highest BCUT2D eigenvalue weighted by molar-refractivity contribution is 5.87. The number of benzene rings is 3. The number of ether oxygens (including phenoxy) is 4. The van der Waals surface area contributed by atoms with Crippen molar-refractivity contribution in [2.24, 2.45) is 0 Å². The van der Waals surface area contributed by atoms with Gasteiger partial charge >= 0.3 is 17.8 Å². The lowest BCUT2D eigenvalue weighted by Gasteiger charge is -2.37. The fourth-order valence-corrected chi connectivity index (χ4v) is 5.95. The molecule has 0 unspecified atom stereocenters. The van der Waals surface area contributed by atoms with Crippen LogP contribution in [0.3, 0.4) is 0 Å². The second-order valence-corrected chi connectivity index (χ2v) is 12.1. The molecule has 0 spiro atoms. The van der Waals surface area contributed by atoms with Gasteiger partial charge in [-0.25, -0.2) is 4.79 Å². The topological polar surface area (TPSA) is 179 Å². The van der Waals surface area contributed by atoms with Gasteiger partial charge in [-0.2, -0.15) is 18.2 Å². The van der Waals surface area contributed by atoms with Crippen LogP contribution >= 0.6 is 0 Å². The summed E-state index contributed by atoms with van der Waals surface area (Å²) in [6.07, 6.45) is -9.20. The molecule has 0 aliphatic carbocycles. The molecule has 0 saturated carbocycles. The Balaban J connectivity index is 1.42. The van der Waals surface area contributed by atoms with Gasteiger partial charge in [0.05, 0.1) is 13.7 Å². The normalized spacial score (nSPS) is 18.5. The van der Waals surface area contributed by atoms with Crippen LogP contribution in [0.5, 0.6) is 5.75 Å². The molecule has 17 heteroatoms. The van der Waals surface area contributed by atoms with Crippen molar-refractivity contribution in [3.8, 4) is 5.75 Å². The van der Waals surface area contributed by atoms with Crippen LogP contribution in [0, 0.1) is 0 Å². The van der Waals surface area contributed by atoms with Crippen molar-refractivity contribution in [1.82, 2.24) is 20.2 Å². The Hall–Kier alpha value is -5.62. The van der Waals surface area contributed by atoms with Gasteiger partial charge in [-0.1, -0.05) is 72.8 Å². The van der Waals surface area contributed by atoms with Crippen LogP contribution in [0.2, 0.25) is 0 Å². The summed E-state index contributed by atoms with van der Waals surface area (Å²) in [4.78, 5) is 52.2. The van der Waals surface area contributed by atoms with Crippen LogP contribution in [-0.4, -0.2) is 90.3 Å². The van der Waals surface area contributed by atoms with Crippen LogP contribution < -0.4 is 26.4 Å². The summed E-state index contributed by atoms with van der Waals surface area (Å²) in [6.45, 7) is -0.608. The van der Waals surface area contributed by atoms with Crippen LogP contribution in [0.15, 0.2) is 102 Å². The maximum Gasteiger partial charge on any atom is 0.471 e. The van der Waals surface area contributed by atoms with Crippen molar-refractivity contribution < 1.29 is 51.6 Å². The SMILES string of the molecule is COc1ccc(C(OC[C@H]2O[C@@H](n3ccc(NC(C)=O)nc3=O)[C@H](OCC(=O)NCCNC(=O)C(F)(F)F)[C@@H]2O)(c2ccccc2)c2ccccc2)cc1. The number of anilines is 1. The zero-order chi connectivity index (χ0) is 38.9. The fourth-order valence-electron chi connectivity index (χ4n) is 5.95. The largest absolute Gasteiger partial charge is 0.497 e. The molecule has 2 heterocycles. The third-order valence-corrected chi connectivity index (χ3v) is 8.44. The zero-order valence-corrected chi connectivity index (χ0v) is 29.1. The fraction of sp³-hybridized carbons (Fsp3) is 0.324. The molecule has 0 bridgehead atoms. The first-order valence-electron chi connectivity index (χ1n) is 16.7. The van der Waals surface area contributed by atoms with E-state index in [1.807, 2.05) is 72.8 Å². The number of hydrogen-bond donors (Lipinski definition) is 4. The Morgan fingerprint density at radius 2 is 1.48 bits per heavy atom. The van der Waals surface area contributed by atoms with Crippen molar-refractivity contribution in [2.75, 3.05) is 38.7 Å². The number of methoxy groups -OCH3 is 1. The quantitative estimate of drug-likeness (QED) is 0.104. The highest BCUT2D eigenvalue weighted by atomic mass is 19.4. The monoisotopic (exact) mass is 753 g/mol. The summed E-state index contributed by atoms with van der Waals surface area (Å²) in [7, 11) is 1.55. The number of carbonyl (C=O) groups excluding carboxylic acids is 3. The number of hydrogen-bond acceptors (Lipinski definition) is 10. The molecule has 1 aliphatic heterocycles. The number of aromatic nitrogens is 2. The average Bonchev–Trinajstić information content (AvgIpc) is 3.47. The predicted octanol–water partition coefficient (Wildman–Crippen LogP) is 2.66. The van der Waals surface area contributed by atoms with E-state index >= 15 is 0 Å². The summed E-state index contributed by atoms with van der Waals surface area (Å²) in [5.41, 5.74) is 0.0753. The molecule has 1 aromatic heterocycles. The molecule has 5 rings (SSSR count). The van der Waals surface area contributed by atoms with Crippen LogP contribution in [0.1, 0.15) is 29.8 Å². The van der Waals surface area contributed by atoms with E-state index in [9.17, 15) is 37.5 Å². The van der Waals surface area contributed by atoms with Crippen molar-refractivity contribution in [3.05, 3.63) is 124 Å². The minimum Gasteiger partial charge on any atom is -0.497 e. The number of rotatable bonds is 15. The maximum atomic E-state index is 13.2. The molecule has 4 aromatic rings. The second-order valence-electron chi connectivity index (χ2n) is 12.1. The third kappa shape index (κ3) is 9.29. The van der Waals surface area contributed by atoms with E-state index in [0.717, 1.165) is 21.3 Å². The molecular formula is C37H38F3N5O9. The van der Waals surface area contributed by atoms with Gasteiger partial charge in [-0.15, -0.1) is 0 Å². The second kappa shape index (κ2) is 17.5. The summed E-state index contributed by atoms with van der Waals surface area (Å²) < 4.78 is 62.7. The van der Waals surface area contributed by atoms with Crippen LogP contribution in [-0.2, 0) is 34.2 Å². The van der Waals surface area contributed by atoms with Gasteiger partial charge in [0.2, 0.25) is 11.8 Å². The first-order chi connectivity index (χ1) is 25.8.